The zero-order chi connectivity index (χ0) is 24.9. The first-order chi connectivity index (χ1) is 16.1. The number of hydrogen-bond acceptors (Lipinski definition) is 9. The van der Waals surface area contributed by atoms with Gasteiger partial charge in [-0.2, -0.15) is 0 Å². The van der Waals surface area contributed by atoms with Crippen molar-refractivity contribution in [2.75, 3.05) is 19.0 Å². The number of carboxylic acids is 1. The molecular formula is C21H20N4O9. The molecule has 3 rings (SSSR count). The number of nitro groups is 1. The number of carboxylic acid groups (broad SMARTS) is 1. The van der Waals surface area contributed by atoms with E-state index in [-0.39, 0.29) is 30.2 Å². The molecule has 178 valence electrons. The molecule has 0 spiro atoms. The number of nitrogens with zero attached hydrogens (tertiary/aromatic N) is 2. The molecule has 2 aromatic carbocycles. The molecule has 0 aliphatic carbocycles. The van der Waals surface area contributed by atoms with Crippen LogP contribution in [0.15, 0.2) is 47.6 Å². The lowest BCUT2D eigenvalue weighted by atomic mass is 9.90. The zero-order valence-corrected chi connectivity index (χ0v) is 17.8. The van der Waals surface area contributed by atoms with E-state index >= 15 is 0 Å². The molecule has 1 atom stereocenters. The van der Waals surface area contributed by atoms with Gasteiger partial charge in [0.1, 0.15) is 11.5 Å². The normalized spacial score (nSPS) is 16.7. The number of carbonyl (C=O) groups excluding carboxylic acids is 2. The third-order valence-electron chi connectivity index (χ3n) is 4.84. The number of anilines is 1. The van der Waals surface area contributed by atoms with Gasteiger partial charge in [0, 0.05) is 18.6 Å². The number of primary amides is 1. The van der Waals surface area contributed by atoms with Gasteiger partial charge in [-0.3, -0.25) is 24.5 Å². The highest BCUT2D eigenvalue weighted by Crippen LogP contribution is 2.35. The molecule has 0 unspecified atom stereocenters. The minimum absolute atomic E-state index is 0.0283. The van der Waals surface area contributed by atoms with Crippen molar-refractivity contribution >= 4 is 34.9 Å². The van der Waals surface area contributed by atoms with E-state index in [0.29, 0.717) is 17.0 Å². The Balaban J connectivity index is 1.82. The number of non-ortho nitro benzene ring substituents is 1. The highest BCUT2D eigenvalue weighted by molar-refractivity contribution is 6.09. The Morgan fingerprint density at radius 3 is 2.56 bits per heavy atom. The van der Waals surface area contributed by atoms with Crippen molar-refractivity contribution in [3.63, 3.8) is 0 Å². The quantitative estimate of drug-likeness (QED) is 0.339. The summed E-state index contributed by atoms with van der Waals surface area (Å²) in [5.41, 5.74) is 3.63. The lowest BCUT2D eigenvalue weighted by Gasteiger charge is -2.24. The van der Waals surface area contributed by atoms with E-state index in [1.165, 1.54) is 19.2 Å². The molecule has 13 nitrogen and oxygen atoms in total. The van der Waals surface area contributed by atoms with Gasteiger partial charge in [-0.15, -0.1) is 0 Å². The van der Waals surface area contributed by atoms with E-state index < -0.39 is 34.7 Å². The fourth-order valence-electron chi connectivity index (χ4n) is 3.21. The SMILES string of the molecule is COc1ccc([N+](=O)[O-])cc1NC(=O)[C@@]1(CC(=O)O)CC(c2ccc(OCC(N)=O)cc2)=NO1. The number of nitrogens with two attached hydrogens (primary N) is 1. The number of benzene rings is 2. The van der Waals surface area contributed by atoms with E-state index in [4.69, 9.17) is 20.0 Å². The summed E-state index contributed by atoms with van der Waals surface area (Å²) in [5, 5.41) is 26.9. The maximum atomic E-state index is 13.1. The van der Waals surface area contributed by atoms with Crippen LogP contribution in [0.2, 0.25) is 0 Å². The molecular weight excluding hydrogens is 452 g/mol. The third-order valence-corrected chi connectivity index (χ3v) is 4.84. The van der Waals surface area contributed by atoms with Crippen LogP contribution in [0.1, 0.15) is 18.4 Å². The molecule has 0 radical (unpaired) electrons. The van der Waals surface area contributed by atoms with E-state index in [9.17, 15) is 29.6 Å². The topological polar surface area (TPSA) is 193 Å². The number of rotatable bonds is 10. The van der Waals surface area contributed by atoms with Crippen LogP contribution in [0, 0.1) is 10.1 Å². The van der Waals surface area contributed by atoms with Crippen LogP contribution in [0.5, 0.6) is 11.5 Å². The lowest BCUT2D eigenvalue weighted by molar-refractivity contribution is -0.384. The number of ether oxygens (including phenoxy) is 2. The van der Waals surface area contributed by atoms with Crippen molar-refractivity contribution in [1.82, 2.24) is 0 Å². The summed E-state index contributed by atoms with van der Waals surface area (Å²) in [4.78, 5) is 51.3. The smallest absolute Gasteiger partial charge is 0.308 e. The number of nitrogens with one attached hydrogen (secondary N) is 1. The van der Waals surface area contributed by atoms with Gasteiger partial charge < -0.3 is 30.5 Å². The van der Waals surface area contributed by atoms with Crippen molar-refractivity contribution in [2.45, 2.75) is 18.4 Å². The molecule has 13 heteroatoms. The van der Waals surface area contributed by atoms with Gasteiger partial charge in [0.15, 0.2) is 6.61 Å². The van der Waals surface area contributed by atoms with Crippen LogP contribution < -0.4 is 20.5 Å². The maximum absolute atomic E-state index is 13.1. The fourth-order valence-corrected chi connectivity index (χ4v) is 3.21. The van der Waals surface area contributed by atoms with Gasteiger partial charge >= 0.3 is 5.97 Å². The summed E-state index contributed by atoms with van der Waals surface area (Å²) >= 11 is 0. The first-order valence-electron chi connectivity index (χ1n) is 9.76. The molecule has 1 aliphatic heterocycles. The van der Waals surface area contributed by atoms with Gasteiger partial charge in [0.25, 0.3) is 17.5 Å². The van der Waals surface area contributed by atoms with E-state index in [1.807, 2.05) is 0 Å². The standard InChI is InChI=1S/C21H20N4O9/c1-32-17-7-4-13(25(30)31)8-15(17)23-20(29)21(10-19(27)28)9-16(24-34-21)12-2-5-14(6-3-12)33-11-18(22)26/h2-8H,9-11H2,1H3,(H2,22,26)(H,23,29)(H,27,28)/t21-/m0/s1. The molecule has 0 saturated heterocycles. The Bertz CT molecular complexity index is 1160. The van der Waals surface area contributed by atoms with Gasteiger partial charge in [0.05, 0.1) is 29.9 Å². The summed E-state index contributed by atoms with van der Waals surface area (Å²) in [6.45, 7) is -0.299. The predicted molar refractivity (Wildman–Crippen MR) is 117 cm³/mol. The minimum Gasteiger partial charge on any atom is -0.495 e. The van der Waals surface area contributed by atoms with E-state index in [0.717, 1.165) is 6.07 Å². The molecule has 0 saturated carbocycles. The maximum Gasteiger partial charge on any atom is 0.308 e. The molecule has 2 amide bonds. The average molecular weight is 472 g/mol. The number of hydrogen-bond donors (Lipinski definition) is 3. The second-order valence-corrected chi connectivity index (χ2v) is 7.25. The van der Waals surface area contributed by atoms with Crippen molar-refractivity contribution in [3.8, 4) is 11.5 Å². The highest BCUT2D eigenvalue weighted by Gasteiger charge is 2.49. The van der Waals surface area contributed by atoms with Crippen LogP contribution in [0.25, 0.3) is 0 Å². The molecule has 1 heterocycles. The first kappa shape index (κ1) is 24.0. The van der Waals surface area contributed by atoms with Crippen molar-refractivity contribution in [2.24, 2.45) is 10.9 Å². The number of aliphatic carboxylic acids is 1. The van der Waals surface area contributed by atoms with Crippen molar-refractivity contribution in [1.29, 1.82) is 0 Å². The Morgan fingerprint density at radius 1 is 1.26 bits per heavy atom. The number of carbonyl (C=O) groups is 3. The molecule has 34 heavy (non-hydrogen) atoms. The average Bonchev–Trinajstić information content (AvgIpc) is 3.22. The van der Waals surface area contributed by atoms with Gasteiger partial charge in [-0.25, -0.2) is 0 Å². The molecule has 0 fully saturated rings. The summed E-state index contributed by atoms with van der Waals surface area (Å²) in [7, 11) is 1.31. The van der Waals surface area contributed by atoms with E-state index in [2.05, 4.69) is 10.5 Å². The lowest BCUT2D eigenvalue weighted by Crippen LogP contribution is -2.45. The highest BCUT2D eigenvalue weighted by atomic mass is 16.7. The number of methoxy groups -OCH3 is 1. The Kier molecular flexibility index (Phi) is 6.95. The van der Waals surface area contributed by atoms with Crippen molar-refractivity contribution in [3.05, 3.63) is 58.1 Å². The second-order valence-electron chi connectivity index (χ2n) is 7.25. The second kappa shape index (κ2) is 9.85. The molecule has 4 N–H and O–H groups in total. The summed E-state index contributed by atoms with van der Waals surface area (Å²) in [6.07, 6.45) is -0.910. The Morgan fingerprint density at radius 2 is 1.97 bits per heavy atom. The molecule has 0 bridgehead atoms. The predicted octanol–water partition coefficient (Wildman–Crippen LogP) is 1.44. The molecule has 0 aromatic heterocycles. The summed E-state index contributed by atoms with van der Waals surface area (Å²) in [6, 6.07) is 9.88. The zero-order valence-electron chi connectivity index (χ0n) is 17.8. The Labute approximate surface area is 192 Å². The summed E-state index contributed by atoms with van der Waals surface area (Å²) < 4.78 is 10.3. The van der Waals surface area contributed by atoms with Crippen LogP contribution in [0.3, 0.4) is 0 Å². The van der Waals surface area contributed by atoms with Crippen LogP contribution in [-0.4, -0.2) is 52.8 Å². The number of oxime groups is 1. The number of nitro benzene ring substituents is 1. The van der Waals surface area contributed by atoms with Crippen molar-refractivity contribution < 1.29 is 38.7 Å². The first-order valence-corrected chi connectivity index (χ1v) is 9.76. The summed E-state index contributed by atoms with van der Waals surface area (Å²) in [5.74, 6) is -2.31. The van der Waals surface area contributed by atoms with Gasteiger partial charge in [-0.05, 0) is 35.9 Å². The van der Waals surface area contributed by atoms with Gasteiger partial charge in [-0.1, -0.05) is 5.16 Å². The Hall–Kier alpha value is -4.68. The largest absolute Gasteiger partial charge is 0.495 e. The van der Waals surface area contributed by atoms with E-state index in [1.54, 1.807) is 24.3 Å². The van der Waals surface area contributed by atoms with Crippen LogP contribution in [-0.2, 0) is 19.2 Å². The fraction of sp³-hybridized carbons (Fsp3) is 0.238. The minimum atomic E-state index is -1.90. The third kappa shape index (κ3) is 5.38. The van der Waals surface area contributed by atoms with Crippen LogP contribution >= 0.6 is 0 Å². The van der Waals surface area contributed by atoms with Gasteiger partial charge in [0.2, 0.25) is 5.60 Å². The monoisotopic (exact) mass is 472 g/mol. The van der Waals surface area contributed by atoms with Crippen LogP contribution in [0.4, 0.5) is 11.4 Å². The molecule has 2 aromatic rings. The number of amides is 2. The molecule has 1 aliphatic rings.